The normalized spacial score (nSPS) is 25.2. The Balaban J connectivity index is 1.86. The molecule has 2 aliphatic rings. The van der Waals surface area contributed by atoms with Crippen molar-refractivity contribution < 1.29 is 4.74 Å². The predicted molar refractivity (Wildman–Crippen MR) is 77.1 cm³/mol. The second kappa shape index (κ2) is 5.61. The minimum absolute atomic E-state index is 0.0683. The highest BCUT2D eigenvalue weighted by Gasteiger charge is 2.40. The van der Waals surface area contributed by atoms with Crippen LogP contribution in [0, 0.1) is 0 Å². The van der Waals surface area contributed by atoms with Crippen molar-refractivity contribution in [1.29, 1.82) is 0 Å². The number of hydrogen-bond acceptors (Lipinski definition) is 3. The Bertz CT molecular complexity index is 427. The summed E-state index contributed by atoms with van der Waals surface area (Å²) in [4.78, 5) is 0. The van der Waals surface area contributed by atoms with Gasteiger partial charge in [0.2, 0.25) is 0 Å². The van der Waals surface area contributed by atoms with E-state index >= 15 is 0 Å². The van der Waals surface area contributed by atoms with Gasteiger partial charge in [0.15, 0.2) is 0 Å². The zero-order valence-electron chi connectivity index (χ0n) is 11.5. The lowest BCUT2D eigenvalue weighted by atomic mass is 9.80. The van der Waals surface area contributed by atoms with Gasteiger partial charge in [-0.1, -0.05) is 24.3 Å². The van der Waals surface area contributed by atoms with Gasteiger partial charge < -0.3 is 15.8 Å². The molecule has 3 nitrogen and oxygen atoms in total. The predicted octanol–water partition coefficient (Wildman–Crippen LogP) is 2.16. The van der Waals surface area contributed by atoms with Gasteiger partial charge in [0.05, 0.1) is 11.7 Å². The molecule has 3 N–H and O–H groups in total. The van der Waals surface area contributed by atoms with Gasteiger partial charge in [-0.3, -0.25) is 0 Å². The Kier molecular flexibility index (Phi) is 3.87. The van der Waals surface area contributed by atoms with E-state index in [1.807, 2.05) is 0 Å². The fraction of sp³-hybridized carbons (Fsp3) is 0.625. The van der Waals surface area contributed by atoms with Crippen LogP contribution in [-0.4, -0.2) is 25.2 Å². The van der Waals surface area contributed by atoms with Crippen molar-refractivity contribution in [2.45, 2.75) is 43.8 Å². The standard InChI is InChI=1S/C16H24N2O/c17-9-3-6-15-14-5-2-1-4-13(14)12-16(19-15)7-10-18-11-8-16/h1-2,4-5,15,18H,3,6-12,17H2. The number of ether oxygens (including phenoxy) is 1. The maximum absolute atomic E-state index is 6.55. The average molecular weight is 260 g/mol. The van der Waals surface area contributed by atoms with E-state index in [4.69, 9.17) is 10.5 Å². The summed E-state index contributed by atoms with van der Waals surface area (Å²) in [5.74, 6) is 0. The summed E-state index contributed by atoms with van der Waals surface area (Å²) >= 11 is 0. The summed E-state index contributed by atoms with van der Waals surface area (Å²) < 4.78 is 6.55. The Morgan fingerprint density at radius 1 is 1.26 bits per heavy atom. The first-order valence-electron chi connectivity index (χ1n) is 7.49. The first-order chi connectivity index (χ1) is 9.33. The molecule has 104 valence electrons. The number of benzene rings is 1. The topological polar surface area (TPSA) is 47.3 Å². The van der Waals surface area contributed by atoms with Crippen molar-refractivity contribution in [2.24, 2.45) is 5.73 Å². The maximum Gasteiger partial charge on any atom is 0.0835 e. The summed E-state index contributed by atoms with van der Waals surface area (Å²) in [6.07, 6.45) is 5.65. The van der Waals surface area contributed by atoms with Crippen LogP contribution in [0.15, 0.2) is 24.3 Å². The third kappa shape index (κ3) is 2.69. The average Bonchev–Trinajstić information content (AvgIpc) is 2.45. The zero-order valence-corrected chi connectivity index (χ0v) is 11.5. The molecule has 0 aliphatic carbocycles. The molecule has 0 saturated carbocycles. The fourth-order valence-electron chi connectivity index (χ4n) is 3.46. The van der Waals surface area contributed by atoms with Gasteiger partial charge in [-0.25, -0.2) is 0 Å². The van der Waals surface area contributed by atoms with Gasteiger partial charge in [-0.05, 0) is 56.4 Å². The minimum Gasteiger partial charge on any atom is -0.367 e. The molecule has 2 heterocycles. The van der Waals surface area contributed by atoms with Gasteiger partial charge in [-0.2, -0.15) is 0 Å². The first-order valence-corrected chi connectivity index (χ1v) is 7.49. The quantitative estimate of drug-likeness (QED) is 0.875. The molecule has 1 spiro atoms. The Hall–Kier alpha value is -0.900. The number of rotatable bonds is 3. The molecule has 2 aliphatic heterocycles. The summed E-state index contributed by atoms with van der Waals surface area (Å²) in [6.45, 7) is 2.90. The fourth-order valence-corrected chi connectivity index (χ4v) is 3.46. The Labute approximate surface area is 115 Å². The highest BCUT2D eigenvalue weighted by Crippen LogP contribution is 2.42. The molecule has 1 unspecified atom stereocenters. The van der Waals surface area contributed by atoms with Crippen LogP contribution in [0.2, 0.25) is 0 Å². The summed E-state index contributed by atoms with van der Waals surface area (Å²) in [5.41, 5.74) is 8.61. The number of nitrogens with one attached hydrogen (secondary N) is 1. The van der Waals surface area contributed by atoms with Gasteiger partial charge in [0.1, 0.15) is 0 Å². The lowest BCUT2D eigenvalue weighted by molar-refractivity contribution is -0.125. The van der Waals surface area contributed by atoms with Crippen LogP contribution in [0.5, 0.6) is 0 Å². The van der Waals surface area contributed by atoms with Crippen LogP contribution >= 0.6 is 0 Å². The van der Waals surface area contributed by atoms with E-state index in [1.54, 1.807) is 0 Å². The Morgan fingerprint density at radius 2 is 2.05 bits per heavy atom. The molecule has 1 fully saturated rings. The molecule has 0 radical (unpaired) electrons. The van der Waals surface area contributed by atoms with Crippen molar-refractivity contribution in [1.82, 2.24) is 5.32 Å². The molecule has 1 saturated heterocycles. The van der Waals surface area contributed by atoms with E-state index < -0.39 is 0 Å². The lowest BCUT2D eigenvalue weighted by Gasteiger charge is -2.45. The summed E-state index contributed by atoms with van der Waals surface area (Å²) in [6, 6.07) is 8.78. The van der Waals surface area contributed by atoms with Gasteiger partial charge in [-0.15, -0.1) is 0 Å². The number of piperidine rings is 1. The number of fused-ring (bicyclic) bond motifs is 1. The summed E-state index contributed by atoms with van der Waals surface area (Å²) in [5, 5.41) is 3.44. The minimum atomic E-state index is 0.0683. The number of nitrogens with two attached hydrogens (primary N) is 1. The van der Waals surface area contributed by atoms with Crippen molar-refractivity contribution >= 4 is 0 Å². The lowest BCUT2D eigenvalue weighted by Crippen LogP contribution is -2.48. The molecule has 3 rings (SSSR count). The summed E-state index contributed by atoms with van der Waals surface area (Å²) in [7, 11) is 0. The smallest absolute Gasteiger partial charge is 0.0835 e. The van der Waals surface area contributed by atoms with Crippen molar-refractivity contribution in [3.05, 3.63) is 35.4 Å². The maximum atomic E-state index is 6.55. The molecule has 0 aromatic heterocycles. The van der Waals surface area contributed by atoms with Crippen LogP contribution in [-0.2, 0) is 11.2 Å². The molecule has 19 heavy (non-hydrogen) atoms. The van der Waals surface area contributed by atoms with E-state index in [1.165, 1.54) is 11.1 Å². The van der Waals surface area contributed by atoms with Crippen LogP contribution in [0.1, 0.15) is 42.9 Å². The molecule has 0 amide bonds. The largest absolute Gasteiger partial charge is 0.367 e. The van der Waals surface area contributed by atoms with Crippen LogP contribution in [0.25, 0.3) is 0 Å². The molecule has 0 bridgehead atoms. The number of hydrogen-bond donors (Lipinski definition) is 2. The molecular formula is C16H24N2O. The van der Waals surface area contributed by atoms with Gasteiger partial charge in [0.25, 0.3) is 0 Å². The van der Waals surface area contributed by atoms with E-state index in [0.717, 1.165) is 51.7 Å². The first kappa shape index (κ1) is 13.1. The molecule has 1 aromatic carbocycles. The highest BCUT2D eigenvalue weighted by atomic mass is 16.5. The third-order valence-electron chi connectivity index (χ3n) is 4.49. The van der Waals surface area contributed by atoms with Crippen LogP contribution in [0.4, 0.5) is 0 Å². The van der Waals surface area contributed by atoms with Crippen molar-refractivity contribution in [2.75, 3.05) is 19.6 Å². The Morgan fingerprint density at radius 3 is 2.84 bits per heavy atom. The SMILES string of the molecule is NCCCC1OC2(CCNCC2)Cc2ccccc21. The van der Waals surface area contributed by atoms with E-state index in [-0.39, 0.29) is 11.7 Å². The van der Waals surface area contributed by atoms with Gasteiger partial charge >= 0.3 is 0 Å². The van der Waals surface area contributed by atoms with E-state index in [9.17, 15) is 0 Å². The van der Waals surface area contributed by atoms with Crippen molar-refractivity contribution in [3.8, 4) is 0 Å². The molecular weight excluding hydrogens is 236 g/mol. The molecule has 1 atom stereocenters. The second-order valence-electron chi connectivity index (χ2n) is 5.85. The van der Waals surface area contributed by atoms with E-state index in [2.05, 4.69) is 29.6 Å². The van der Waals surface area contributed by atoms with E-state index in [0.29, 0.717) is 0 Å². The zero-order chi connectivity index (χ0) is 13.1. The highest BCUT2D eigenvalue weighted by molar-refractivity contribution is 5.33. The van der Waals surface area contributed by atoms with Gasteiger partial charge in [0, 0.05) is 6.42 Å². The molecule has 1 aromatic rings. The monoisotopic (exact) mass is 260 g/mol. The van der Waals surface area contributed by atoms with Crippen LogP contribution in [0.3, 0.4) is 0 Å². The second-order valence-corrected chi connectivity index (χ2v) is 5.85. The third-order valence-corrected chi connectivity index (χ3v) is 4.49. The molecule has 3 heteroatoms. The van der Waals surface area contributed by atoms with Crippen molar-refractivity contribution in [3.63, 3.8) is 0 Å². The van der Waals surface area contributed by atoms with Crippen LogP contribution < -0.4 is 11.1 Å².